The van der Waals surface area contributed by atoms with E-state index in [0.29, 0.717) is 19.4 Å². The minimum Gasteiger partial charge on any atom is -0.462 e. The molecule has 0 spiro atoms. The fraction of sp³-hybridized carbons (Fsp3) is 0.738. The maximum Gasteiger partial charge on any atom is 0.306 e. The van der Waals surface area contributed by atoms with Gasteiger partial charge in [0.05, 0.1) is 6.61 Å². The van der Waals surface area contributed by atoms with Gasteiger partial charge in [-0.05, 0) is 89.9 Å². The first-order valence-corrected chi connectivity index (χ1v) is 28.1. The number of esters is 2. The number of ether oxygens (including phenoxy) is 3. The Bertz CT molecular complexity index is 1220. The van der Waals surface area contributed by atoms with Crippen molar-refractivity contribution in [1.82, 2.24) is 0 Å². The SMILES string of the molecule is CC/C=C\C/C=C\C/C=C\C/C=C\CCCCCCC(=O)OC[C@@H](COCCCCCCCCCCCCCCCCCC)OC(=O)CCC/C=C\C/C=C\C/C=C\CCCCCCCC. The van der Waals surface area contributed by atoms with Crippen molar-refractivity contribution in [3.8, 4) is 0 Å². The van der Waals surface area contributed by atoms with Gasteiger partial charge in [-0.2, -0.15) is 0 Å². The fourth-order valence-electron chi connectivity index (χ4n) is 7.75. The van der Waals surface area contributed by atoms with Gasteiger partial charge in [0.25, 0.3) is 0 Å². The van der Waals surface area contributed by atoms with Crippen molar-refractivity contribution in [2.24, 2.45) is 0 Å². The van der Waals surface area contributed by atoms with E-state index in [1.165, 1.54) is 135 Å². The third-order valence-electron chi connectivity index (χ3n) is 11.9. The number of carbonyl (C=O) groups excluding carboxylic acids is 2. The molecule has 5 nitrogen and oxygen atoms in total. The van der Waals surface area contributed by atoms with E-state index in [2.05, 4.69) is 106 Å². The summed E-state index contributed by atoms with van der Waals surface area (Å²) in [6.07, 6.45) is 74.6. The van der Waals surface area contributed by atoms with Gasteiger partial charge in [-0.3, -0.25) is 9.59 Å². The predicted octanol–water partition coefficient (Wildman–Crippen LogP) is 19.2. The van der Waals surface area contributed by atoms with E-state index < -0.39 is 6.10 Å². The van der Waals surface area contributed by atoms with Crippen LogP contribution in [0, 0.1) is 0 Å². The number of allylic oxidation sites excluding steroid dienone is 14. The van der Waals surface area contributed by atoms with Gasteiger partial charge >= 0.3 is 11.9 Å². The van der Waals surface area contributed by atoms with Gasteiger partial charge in [0.2, 0.25) is 0 Å². The van der Waals surface area contributed by atoms with Crippen LogP contribution in [0.15, 0.2) is 85.1 Å². The van der Waals surface area contributed by atoms with Crippen LogP contribution in [0.2, 0.25) is 0 Å². The Morgan fingerprint density at radius 3 is 1.14 bits per heavy atom. The molecule has 0 unspecified atom stereocenters. The summed E-state index contributed by atoms with van der Waals surface area (Å²) in [5.41, 5.74) is 0. The number of hydrogen-bond acceptors (Lipinski definition) is 5. The van der Waals surface area contributed by atoms with Crippen LogP contribution in [0.3, 0.4) is 0 Å². The van der Waals surface area contributed by atoms with E-state index in [1.807, 2.05) is 0 Å². The Morgan fingerprint density at radius 2 is 0.697 bits per heavy atom. The van der Waals surface area contributed by atoms with Crippen LogP contribution < -0.4 is 0 Å². The smallest absolute Gasteiger partial charge is 0.306 e. The molecule has 0 aromatic carbocycles. The zero-order chi connectivity index (χ0) is 47.7. The number of carbonyl (C=O) groups is 2. The van der Waals surface area contributed by atoms with Crippen LogP contribution in [0.5, 0.6) is 0 Å². The fourth-order valence-corrected chi connectivity index (χ4v) is 7.75. The second kappa shape index (κ2) is 56.4. The van der Waals surface area contributed by atoms with Gasteiger partial charge in [-0.1, -0.05) is 247 Å². The summed E-state index contributed by atoms with van der Waals surface area (Å²) in [6, 6.07) is 0. The highest BCUT2D eigenvalue weighted by molar-refractivity contribution is 5.70. The molecule has 0 amide bonds. The van der Waals surface area contributed by atoms with E-state index in [9.17, 15) is 9.59 Å². The van der Waals surface area contributed by atoms with Crippen LogP contribution in [0.4, 0.5) is 0 Å². The first kappa shape index (κ1) is 63.1. The maximum atomic E-state index is 12.8. The summed E-state index contributed by atoms with van der Waals surface area (Å²) >= 11 is 0. The molecule has 0 rings (SSSR count). The van der Waals surface area contributed by atoms with Crippen molar-refractivity contribution in [1.29, 1.82) is 0 Å². The van der Waals surface area contributed by atoms with Gasteiger partial charge in [-0.25, -0.2) is 0 Å². The van der Waals surface area contributed by atoms with Crippen LogP contribution in [-0.2, 0) is 23.8 Å². The lowest BCUT2D eigenvalue weighted by Gasteiger charge is -2.18. The lowest BCUT2D eigenvalue weighted by Crippen LogP contribution is -2.30. The number of hydrogen-bond donors (Lipinski definition) is 0. The van der Waals surface area contributed by atoms with Gasteiger partial charge in [0.15, 0.2) is 6.10 Å². The minimum absolute atomic E-state index is 0.0514. The van der Waals surface area contributed by atoms with Gasteiger partial charge < -0.3 is 14.2 Å². The van der Waals surface area contributed by atoms with Crippen molar-refractivity contribution in [3.63, 3.8) is 0 Å². The van der Waals surface area contributed by atoms with Crippen molar-refractivity contribution >= 4 is 11.9 Å². The molecule has 0 saturated heterocycles. The summed E-state index contributed by atoms with van der Waals surface area (Å²) in [4.78, 5) is 25.5. The highest BCUT2D eigenvalue weighted by Gasteiger charge is 2.17. The third-order valence-corrected chi connectivity index (χ3v) is 11.9. The lowest BCUT2D eigenvalue weighted by atomic mass is 10.0. The number of rotatable bonds is 51. The summed E-state index contributed by atoms with van der Waals surface area (Å²) in [7, 11) is 0. The predicted molar refractivity (Wildman–Crippen MR) is 288 cm³/mol. The maximum absolute atomic E-state index is 12.8. The minimum atomic E-state index is -0.575. The summed E-state index contributed by atoms with van der Waals surface area (Å²) < 4.78 is 17.4. The average Bonchev–Trinajstić information content (AvgIpc) is 3.32. The molecular weight excluding hydrogens is 813 g/mol. The molecule has 0 radical (unpaired) electrons. The Morgan fingerprint density at radius 1 is 0.348 bits per heavy atom. The molecule has 0 aliphatic rings. The zero-order valence-electron chi connectivity index (χ0n) is 43.7. The normalized spacial score (nSPS) is 12.8. The van der Waals surface area contributed by atoms with E-state index >= 15 is 0 Å². The Hall–Kier alpha value is -2.92. The van der Waals surface area contributed by atoms with Crippen LogP contribution in [-0.4, -0.2) is 37.9 Å². The molecule has 66 heavy (non-hydrogen) atoms. The molecule has 5 heteroatoms. The highest BCUT2D eigenvalue weighted by atomic mass is 16.6. The molecule has 0 aromatic heterocycles. The monoisotopic (exact) mass is 919 g/mol. The molecular formula is C61H106O5. The quantitative estimate of drug-likeness (QED) is 0.0346. The zero-order valence-corrected chi connectivity index (χ0v) is 43.7. The number of unbranched alkanes of at least 4 members (excludes halogenated alkanes) is 26. The van der Waals surface area contributed by atoms with Crippen molar-refractivity contribution in [3.05, 3.63) is 85.1 Å². The molecule has 0 N–H and O–H groups in total. The van der Waals surface area contributed by atoms with Crippen molar-refractivity contribution < 1.29 is 23.8 Å². The van der Waals surface area contributed by atoms with Gasteiger partial charge in [-0.15, -0.1) is 0 Å². The average molecular weight is 920 g/mol. The molecule has 0 fully saturated rings. The molecule has 0 aliphatic heterocycles. The van der Waals surface area contributed by atoms with Crippen molar-refractivity contribution in [2.75, 3.05) is 19.8 Å². The molecule has 380 valence electrons. The second-order valence-corrected chi connectivity index (χ2v) is 18.5. The standard InChI is InChI=1S/C61H106O5/c1-4-7-10-13-16-19-22-25-28-31-33-36-39-42-45-48-51-54-60(62)65-58-59(57-64-56-53-50-47-44-41-38-35-30-27-24-21-18-15-12-9-6-3)66-61(63)55-52-49-46-43-40-37-34-32-29-26-23-20-17-14-11-8-5-2/h7,10,16,19,25-26,28-29,33-34,36-37,43,46,59H,4-6,8-9,11-15,17-18,20-24,27,30-32,35,38-42,44-45,47-58H2,1-3H3/b10-7-,19-16-,28-25-,29-26-,36-33-,37-34-,46-43-/t59-/m1/s1. The Balaban J connectivity index is 4.39. The molecule has 0 bridgehead atoms. The Kier molecular flexibility index (Phi) is 53.9. The Labute approximate surface area is 409 Å². The van der Waals surface area contributed by atoms with E-state index in [-0.39, 0.29) is 25.2 Å². The van der Waals surface area contributed by atoms with Crippen LogP contribution in [0.1, 0.15) is 265 Å². The van der Waals surface area contributed by atoms with Crippen LogP contribution >= 0.6 is 0 Å². The summed E-state index contributed by atoms with van der Waals surface area (Å²) in [5.74, 6) is -0.479. The van der Waals surface area contributed by atoms with E-state index in [0.717, 1.165) is 96.3 Å². The summed E-state index contributed by atoms with van der Waals surface area (Å²) in [5, 5.41) is 0. The van der Waals surface area contributed by atoms with Gasteiger partial charge in [0.1, 0.15) is 6.61 Å². The molecule has 0 heterocycles. The molecule has 0 aliphatic carbocycles. The van der Waals surface area contributed by atoms with Crippen molar-refractivity contribution in [2.45, 2.75) is 271 Å². The van der Waals surface area contributed by atoms with E-state index in [4.69, 9.17) is 14.2 Å². The van der Waals surface area contributed by atoms with Crippen LogP contribution in [0.25, 0.3) is 0 Å². The molecule has 0 aromatic rings. The van der Waals surface area contributed by atoms with E-state index in [1.54, 1.807) is 0 Å². The van der Waals surface area contributed by atoms with Gasteiger partial charge in [0, 0.05) is 19.4 Å². The summed E-state index contributed by atoms with van der Waals surface area (Å²) in [6.45, 7) is 7.66. The second-order valence-electron chi connectivity index (χ2n) is 18.5. The third kappa shape index (κ3) is 53.7. The first-order valence-electron chi connectivity index (χ1n) is 28.1. The largest absolute Gasteiger partial charge is 0.462 e. The topological polar surface area (TPSA) is 61.8 Å². The highest BCUT2D eigenvalue weighted by Crippen LogP contribution is 2.15. The molecule has 1 atom stereocenters. The lowest BCUT2D eigenvalue weighted by molar-refractivity contribution is -0.162. The molecule has 0 saturated carbocycles. The first-order chi connectivity index (χ1) is 32.6.